The van der Waals surface area contributed by atoms with Crippen LogP contribution in [0.4, 0.5) is 17.1 Å². The van der Waals surface area contributed by atoms with E-state index >= 15 is 0 Å². The van der Waals surface area contributed by atoms with Crippen LogP contribution in [-0.4, -0.2) is 37.0 Å². The number of benzene rings is 2. The Hall–Kier alpha value is -3.42. The fourth-order valence-corrected chi connectivity index (χ4v) is 2.23. The van der Waals surface area contributed by atoms with Gasteiger partial charge in [-0.05, 0) is 25.1 Å². The van der Waals surface area contributed by atoms with Gasteiger partial charge in [0, 0.05) is 31.9 Å². The molecule has 0 saturated carbocycles. The van der Waals surface area contributed by atoms with E-state index in [1.165, 1.54) is 19.1 Å². The Labute approximate surface area is 150 Å². The van der Waals surface area contributed by atoms with Crippen LogP contribution in [0.3, 0.4) is 0 Å². The molecular formula is C18H19N3O5. The molecule has 0 bridgehead atoms. The molecule has 0 saturated heterocycles. The normalized spacial score (nSPS) is 11.3. The Bertz CT molecular complexity index is 821. The Balaban J connectivity index is 2.16. The molecular weight excluding hydrogens is 338 g/mol. The first-order valence-corrected chi connectivity index (χ1v) is 7.82. The van der Waals surface area contributed by atoms with Crippen molar-refractivity contribution in [3.63, 3.8) is 0 Å². The molecule has 0 aliphatic carbocycles. The topological polar surface area (TPSA) is 102 Å². The number of hydrogen-bond donors (Lipinski definition) is 1. The van der Waals surface area contributed by atoms with Gasteiger partial charge in [0.1, 0.15) is 0 Å². The van der Waals surface area contributed by atoms with Crippen LogP contribution >= 0.6 is 0 Å². The number of nitro groups is 1. The van der Waals surface area contributed by atoms with Crippen LogP contribution in [0.5, 0.6) is 0 Å². The number of hydrogen-bond acceptors (Lipinski definition) is 6. The minimum atomic E-state index is -1.07. The lowest BCUT2D eigenvalue weighted by atomic mass is 10.1. The largest absolute Gasteiger partial charge is 0.449 e. The third-order valence-electron chi connectivity index (χ3n) is 3.59. The van der Waals surface area contributed by atoms with Gasteiger partial charge in [0.25, 0.3) is 11.6 Å². The van der Waals surface area contributed by atoms with Crippen LogP contribution in [-0.2, 0) is 9.53 Å². The van der Waals surface area contributed by atoms with E-state index in [-0.39, 0.29) is 11.3 Å². The number of anilines is 2. The standard InChI is InChI=1S/C18H19N3O5/c1-12(17(22)19-13-7-5-4-6-8-13)26-18(23)15-11-14(21(24)25)9-10-16(15)20(2)3/h4-12H,1-3H3,(H,19,22)/t12-/m0/s1. The van der Waals surface area contributed by atoms with Crippen molar-refractivity contribution in [3.05, 3.63) is 64.2 Å². The fourth-order valence-electron chi connectivity index (χ4n) is 2.23. The molecule has 2 rings (SSSR count). The van der Waals surface area contributed by atoms with Gasteiger partial charge in [0.15, 0.2) is 6.10 Å². The molecule has 0 aliphatic heterocycles. The zero-order valence-electron chi connectivity index (χ0n) is 14.6. The lowest BCUT2D eigenvalue weighted by molar-refractivity contribution is -0.384. The van der Waals surface area contributed by atoms with Crippen molar-refractivity contribution in [1.29, 1.82) is 0 Å². The van der Waals surface area contributed by atoms with Crippen LogP contribution in [0.2, 0.25) is 0 Å². The van der Waals surface area contributed by atoms with Gasteiger partial charge in [-0.25, -0.2) is 4.79 Å². The lowest BCUT2D eigenvalue weighted by Crippen LogP contribution is -2.30. The first-order valence-electron chi connectivity index (χ1n) is 7.82. The second-order valence-corrected chi connectivity index (χ2v) is 5.76. The first-order chi connectivity index (χ1) is 12.3. The highest BCUT2D eigenvalue weighted by atomic mass is 16.6. The third kappa shape index (κ3) is 4.56. The summed E-state index contributed by atoms with van der Waals surface area (Å²) < 4.78 is 5.20. The summed E-state index contributed by atoms with van der Waals surface area (Å²) in [5.41, 5.74) is 0.813. The molecule has 0 radical (unpaired) electrons. The zero-order chi connectivity index (χ0) is 19.3. The molecule has 8 heteroatoms. The van der Waals surface area contributed by atoms with Gasteiger partial charge in [-0.3, -0.25) is 14.9 Å². The van der Waals surface area contributed by atoms with Crippen molar-refractivity contribution in [1.82, 2.24) is 0 Å². The SMILES string of the molecule is C[C@H](OC(=O)c1cc([N+](=O)[O-])ccc1N(C)C)C(=O)Nc1ccccc1. The number of amides is 1. The van der Waals surface area contributed by atoms with Gasteiger partial charge in [0.05, 0.1) is 16.2 Å². The van der Waals surface area contributed by atoms with Crippen molar-refractivity contribution in [2.24, 2.45) is 0 Å². The van der Waals surface area contributed by atoms with Crippen LogP contribution < -0.4 is 10.2 Å². The summed E-state index contributed by atoms with van der Waals surface area (Å²) in [5.74, 6) is -1.31. The van der Waals surface area contributed by atoms with Crippen molar-refractivity contribution in [2.75, 3.05) is 24.3 Å². The number of ether oxygens (including phenoxy) is 1. The third-order valence-corrected chi connectivity index (χ3v) is 3.59. The molecule has 1 atom stereocenters. The molecule has 136 valence electrons. The molecule has 1 N–H and O–H groups in total. The highest BCUT2D eigenvalue weighted by Crippen LogP contribution is 2.25. The summed E-state index contributed by atoms with van der Waals surface area (Å²) in [6.45, 7) is 1.43. The predicted molar refractivity (Wildman–Crippen MR) is 97.4 cm³/mol. The van der Waals surface area contributed by atoms with Gasteiger partial charge >= 0.3 is 5.97 Å². The highest BCUT2D eigenvalue weighted by molar-refractivity contribution is 6.00. The number of nitrogens with one attached hydrogen (secondary N) is 1. The molecule has 8 nitrogen and oxygen atoms in total. The summed E-state index contributed by atoms with van der Waals surface area (Å²) in [5, 5.41) is 13.6. The first kappa shape index (κ1) is 18.9. The maximum Gasteiger partial charge on any atom is 0.341 e. The van der Waals surface area contributed by atoms with E-state index in [2.05, 4.69) is 5.32 Å². The maximum atomic E-state index is 12.5. The van der Waals surface area contributed by atoms with Crippen LogP contribution in [0, 0.1) is 10.1 Å². The monoisotopic (exact) mass is 357 g/mol. The van der Waals surface area contributed by atoms with Gasteiger partial charge in [-0.15, -0.1) is 0 Å². The molecule has 0 unspecified atom stereocenters. The summed E-state index contributed by atoms with van der Waals surface area (Å²) >= 11 is 0. The van der Waals surface area contributed by atoms with E-state index in [1.807, 2.05) is 6.07 Å². The van der Waals surface area contributed by atoms with E-state index in [4.69, 9.17) is 4.74 Å². The second-order valence-electron chi connectivity index (χ2n) is 5.76. The molecule has 26 heavy (non-hydrogen) atoms. The number of nitrogens with zero attached hydrogens (tertiary/aromatic N) is 2. The van der Waals surface area contributed by atoms with Gasteiger partial charge < -0.3 is 15.0 Å². The molecule has 0 heterocycles. The second kappa shape index (κ2) is 8.11. The van der Waals surface area contributed by atoms with Crippen LogP contribution in [0.1, 0.15) is 17.3 Å². The predicted octanol–water partition coefficient (Wildman–Crippen LogP) is 2.84. The van der Waals surface area contributed by atoms with Crippen molar-refractivity contribution in [3.8, 4) is 0 Å². The van der Waals surface area contributed by atoms with Gasteiger partial charge in [0.2, 0.25) is 0 Å². The van der Waals surface area contributed by atoms with E-state index in [0.717, 1.165) is 6.07 Å². The minimum Gasteiger partial charge on any atom is -0.449 e. The number of carbonyl (C=O) groups is 2. The number of carbonyl (C=O) groups excluding carboxylic acids is 2. The zero-order valence-corrected chi connectivity index (χ0v) is 14.6. The number of nitro benzene ring substituents is 1. The van der Waals surface area contributed by atoms with Crippen molar-refractivity contribution >= 4 is 28.9 Å². The molecule has 0 fully saturated rings. The molecule has 0 aromatic heterocycles. The molecule has 0 aliphatic rings. The summed E-state index contributed by atoms with van der Waals surface area (Å²) in [6, 6.07) is 12.6. The highest BCUT2D eigenvalue weighted by Gasteiger charge is 2.23. The molecule has 2 aromatic rings. The Morgan fingerprint density at radius 2 is 1.81 bits per heavy atom. The fraction of sp³-hybridized carbons (Fsp3) is 0.222. The summed E-state index contributed by atoms with van der Waals surface area (Å²) in [7, 11) is 3.40. The lowest BCUT2D eigenvalue weighted by Gasteiger charge is -2.18. The number of rotatable bonds is 6. The van der Waals surface area contributed by atoms with Crippen LogP contribution in [0.25, 0.3) is 0 Å². The molecule has 0 spiro atoms. The van der Waals surface area contributed by atoms with E-state index in [0.29, 0.717) is 11.4 Å². The van der Waals surface area contributed by atoms with Crippen LogP contribution in [0.15, 0.2) is 48.5 Å². The quantitative estimate of drug-likeness (QED) is 0.484. The Morgan fingerprint density at radius 3 is 2.38 bits per heavy atom. The van der Waals surface area contributed by atoms with E-state index < -0.39 is 22.9 Å². The molecule has 2 aromatic carbocycles. The van der Waals surface area contributed by atoms with Crippen molar-refractivity contribution in [2.45, 2.75) is 13.0 Å². The summed E-state index contributed by atoms with van der Waals surface area (Å²) in [6.07, 6.45) is -1.07. The smallest absolute Gasteiger partial charge is 0.341 e. The Morgan fingerprint density at radius 1 is 1.15 bits per heavy atom. The van der Waals surface area contributed by atoms with Gasteiger partial charge in [-0.2, -0.15) is 0 Å². The average Bonchev–Trinajstić information content (AvgIpc) is 2.61. The summed E-state index contributed by atoms with van der Waals surface area (Å²) in [4.78, 5) is 36.6. The number of para-hydroxylation sites is 1. The van der Waals surface area contributed by atoms with E-state index in [9.17, 15) is 19.7 Å². The average molecular weight is 357 g/mol. The van der Waals surface area contributed by atoms with Gasteiger partial charge in [-0.1, -0.05) is 18.2 Å². The number of non-ortho nitro benzene ring substituents is 1. The maximum absolute atomic E-state index is 12.5. The number of esters is 1. The molecule has 1 amide bonds. The van der Waals surface area contributed by atoms with Crippen molar-refractivity contribution < 1.29 is 19.2 Å². The minimum absolute atomic E-state index is 0.0172. The Kier molecular flexibility index (Phi) is 5.90. The van der Waals surface area contributed by atoms with E-state index in [1.54, 1.807) is 43.3 Å².